The highest BCUT2D eigenvalue weighted by Crippen LogP contribution is 2.24. The molecule has 0 heterocycles. The van der Waals surface area contributed by atoms with E-state index in [1.54, 1.807) is 7.05 Å². The normalized spacial score (nSPS) is 13.4. The van der Waals surface area contributed by atoms with E-state index >= 15 is 0 Å². The van der Waals surface area contributed by atoms with Crippen molar-refractivity contribution in [3.63, 3.8) is 0 Å². The van der Waals surface area contributed by atoms with Gasteiger partial charge in [-0.1, -0.05) is 17.7 Å². The predicted molar refractivity (Wildman–Crippen MR) is 69.1 cm³/mol. The van der Waals surface area contributed by atoms with Crippen LogP contribution in [0.5, 0.6) is 0 Å². The van der Waals surface area contributed by atoms with Gasteiger partial charge in [0.15, 0.2) is 0 Å². The van der Waals surface area contributed by atoms with Gasteiger partial charge in [-0.3, -0.25) is 4.90 Å². The van der Waals surface area contributed by atoms with Gasteiger partial charge in [-0.2, -0.15) is 0 Å². The van der Waals surface area contributed by atoms with Crippen LogP contribution in [-0.2, 0) is 0 Å². The Morgan fingerprint density at radius 2 is 1.61 bits per heavy atom. The second-order valence-corrected chi connectivity index (χ2v) is 4.94. The molecule has 1 unspecified atom stereocenters. The maximum absolute atomic E-state index is 12.2. The molecule has 4 heteroatoms. The number of likely N-dealkylation sites (N-methyl/N-ethyl adjacent to an activating group) is 1. The minimum absolute atomic E-state index is 0.217. The Morgan fingerprint density at radius 3 is 2.06 bits per heavy atom. The van der Waals surface area contributed by atoms with Gasteiger partial charge in [-0.05, 0) is 44.5 Å². The number of aliphatic hydroxyl groups is 1. The SMILES string of the molecule is Cc1cc(C)c(C(O)CN(C)CC(F)F)c(C)c1. The van der Waals surface area contributed by atoms with E-state index in [9.17, 15) is 13.9 Å². The van der Waals surface area contributed by atoms with Gasteiger partial charge in [-0.15, -0.1) is 0 Å². The number of hydrogen-bond donors (Lipinski definition) is 1. The summed E-state index contributed by atoms with van der Waals surface area (Å²) in [4.78, 5) is 1.45. The molecule has 18 heavy (non-hydrogen) atoms. The summed E-state index contributed by atoms with van der Waals surface area (Å²) < 4.78 is 24.5. The summed E-state index contributed by atoms with van der Waals surface area (Å²) in [5.41, 5.74) is 4.00. The molecule has 0 aliphatic carbocycles. The zero-order chi connectivity index (χ0) is 13.9. The topological polar surface area (TPSA) is 23.5 Å². The van der Waals surface area contributed by atoms with Crippen LogP contribution in [0.2, 0.25) is 0 Å². The summed E-state index contributed by atoms with van der Waals surface area (Å²) in [6, 6.07) is 4.00. The van der Waals surface area contributed by atoms with E-state index in [2.05, 4.69) is 0 Å². The monoisotopic (exact) mass is 257 g/mol. The van der Waals surface area contributed by atoms with Crippen molar-refractivity contribution in [2.24, 2.45) is 0 Å². The molecule has 0 fully saturated rings. The zero-order valence-corrected chi connectivity index (χ0v) is 11.4. The third-order valence-electron chi connectivity index (χ3n) is 3.01. The number of rotatable bonds is 5. The van der Waals surface area contributed by atoms with Gasteiger partial charge in [0.05, 0.1) is 12.6 Å². The van der Waals surface area contributed by atoms with E-state index in [-0.39, 0.29) is 13.1 Å². The van der Waals surface area contributed by atoms with Crippen LogP contribution in [-0.4, -0.2) is 36.6 Å². The van der Waals surface area contributed by atoms with E-state index in [1.807, 2.05) is 32.9 Å². The molecule has 0 spiro atoms. The lowest BCUT2D eigenvalue weighted by atomic mass is 9.95. The Morgan fingerprint density at radius 1 is 1.11 bits per heavy atom. The van der Waals surface area contributed by atoms with Crippen molar-refractivity contribution in [1.29, 1.82) is 0 Å². The van der Waals surface area contributed by atoms with Gasteiger partial charge in [0.2, 0.25) is 0 Å². The van der Waals surface area contributed by atoms with Crippen LogP contribution < -0.4 is 0 Å². The Labute approximate surface area is 107 Å². The van der Waals surface area contributed by atoms with Crippen LogP contribution in [0.3, 0.4) is 0 Å². The Hall–Kier alpha value is -1.00. The average Bonchev–Trinajstić information content (AvgIpc) is 2.12. The van der Waals surface area contributed by atoms with Crippen molar-refractivity contribution >= 4 is 0 Å². The summed E-state index contributed by atoms with van der Waals surface area (Å²) in [7, 11) is 1.59. The van der Waals surface area contributed by atoms with Crippen molar-refractivity contribution < 1.29 is 13.9 Å². The van der Waals surface area contributed by atoms with Crippen LogP contribution in [0.15, 0.2) is 12.1 Å². The van der Waals surface area contributed by atoms with Gasteiger partial charge < -0.3 is 5.11 Å². The Balaban J connectivity index is 2.81. The van der Waals surface area contributed by atoms with Crippen LogP contribution >= 0.6 is 0 Å². The lowest BCUT2D eigenvalue weighted by molar-refractivity contribution is 0.0677. The molecule has 0 bridgehead atoms. The molecule has 2 nitrogen and oxygen atoms in total. The quantitative estimate of drug-likeness (QED) is 0.876. The molecule has 1 aromatic rings. The lowest BCUT2D eigenvalue weighted by Crippen LogP contribution is -2.29. The maximum atomic E-state index is 12.2. The smallest absolute Gasteiger partial charge is 0.251 e. The number of alkyl halides is 2. The van der Waals surface area contributed by atoms with Crippen molar-refractivity contribution in [1.82, 2.24) is 4.90 Å². The zero-order valence-electron chi connectivity index (χ0n) is 11.4. The Bertz CT molecular complexity index is 384. The second-order valence-electron chi connectivity index (χ2n) is 4.94. The van der Waals surface area contributed by atoms with E-state index in [0.717, 1.165) is 22.3 Å². The molecule has 0 saturated carbocycles. The summed E-state index contributed by atoms with van der Waals surface area (Å²) in [5, 5.41) is 10.2. The molecule has 0 radical (unpaired) electrons. The van der Waals surface area contributed by atoms with Crippen LogP contribution in [0.4, 0.5) is 8.78 Å². The van der Waals surface area contributed by atoms with Gasteiger partial charge in [-0.25, -0.2) is 8.78 Å². The molecule has 1 atom stereocenters. The highest BCUT2D eigenvalue weighted by atomic mass is 19.3. The molecular formula is C14H21F2NO. The van der Waals surface area contributed by atoms with Crippen LogP contribution in [0, 0.1) is 20.8 Å². The summed E-state index contributed by atoms with van der Waals surface area (Å²) in [6.45, 7) is 5.77. The molecular weight excluding hydrogens is 236 g/mol. The molecule has 0 aliphatic rings. The van der Waals surface area contributed by atoms with Crippen molar-refractivity contribution in [2.75, 3.05) is 20.1 Å². The number of halogens is 2. The molecule has 1 N–H and O–H groups in total. The highest BCUT2D eigenvalue weighted by Gasteiger charge is 2.17. The molecule has 0 saturated heterocycles. The minimum Gasteiger partial charge on any atom is -0.387 e. The first-order chi connectivity index (χ1) is 8.31. The third kappa shape index (κ3) is 4.03. The highest BCUT2D eigenvalue weighted by molar-refractivity contribution is 5.39. The van der Waals surface area contributed by atoms with Gasteiger partial charge in [0.1, 0.15) is 0 Å². The van der Waals surface area contributed by atoms with E-state index < -0.39 is 12.5 Å². The third-order valence-corrected chi connectivity index (χ3v) is 3.01. The predicted octanol–water partition coefficient (Wildman–Crippen LogP) is 2.84. The van der Waals surface area contributed by atoms with Gasteiger partial charge >= 0.3 is 0 Å². The number of hydrogen-bond acceptors (Lipinski definition) is 2. The lowest BCUT2D eigenvalue weighted by Gasteiger charge is -2.23. The number of aliphatic hydroxyl groups excluding tert-OH is 1. The second kappa shape index (κ2) is 6.25. The molecule has 1 rings (SSSR count). The number of aryl methyl sites for hydroxylation is 3. The van der Waals surface area contributed by atoms with Crippen molar-refractivity contribution in [3.8, 4) is 0 Å². The molecule has 0 aliphatic heterocycles. The molecule has 0 aromatic heterocycles. The summed E-state index contributed by atoms with van der Waals surface area (Å²) in [5.74, 6) is 0. The average molecular weight is 257 g/mol. The molecule has 102 valence electrons. The van der Waals surface area contributed by atoms with Gasteiger partial charge in [0, 0.05) is 6.54 Å². The summed E-state index contributed by atoms with van der Waals surface area (Å²) >= 11 is 0. The number of nitrogens with zero attached hydrogens (tertiary/aromatic N) is 1. The van der Waals surface area contributed by atoms with Crippen LogP contribution in [0.25, 0.3) is 0 Å². The first-order valence-corrected chi connectivity index (χ1v) is 6.03. The van der Waals surface area contributed by atoms with Crippen LogP contribution in [0.1, 0.15) is 28.4 Å². The maximum Gasteiger partial charge on any atom is 0.251 e. The fraction of sp³-hybridized carbons (Fsp3) is 0.571. The molecule has 1 aromatic carbocycles. The van der Waals surface area contributed by atoms with E-state index in [0.29, 0.717) is 0 Å². The molecule has 0 amide bonds. The fourth-order valence-electron chi connectivity index (χ4n) is 2.41. The van der Waals surface area contributed by atoms with Gasteiger partial charge in [0.25, 0.3) is 6.43 Å². The summed E-state index contributed by atoms with van der Waals surface area (Å²) in [6.07, 6.45) is -3.10. The number of benzene rings is 1. The van der Waals surface area contributed by atoms with E-state index in [4.69, 9.17) is 0 Å². The standard InChI is InChI=1S/C14H21F2NO/c1-9-5-10(2)14(11(3)6-9)12(18)7-17(4)8-13(15)16/h5-6,12-13,18H,7-8H2,1-4H3. The van der Waals surface area contributed by atoms with Crippen molar-refractivity contribution in [3.05, 3.63) is 34.4 Å². The van der Waals surface area contributed by atoms with E-state index in [1.165, 1.54) is 4.90 Å². The Kier molecular flexibility index (Phi) is 5.23. The minimum atomic E-state index is -2.37. The first kappa shape index (κ1) is 15.1. The fourth-order valence-corrected chi connectivity index (χ4v) is 2.41. The van der Waals surface area contributed by atoms with Crippen molar-refractivity contribution in [2.45, 2.75) is 33.3 Å². The first-order valence-electron chi connectivity index (χ1n) is 6.03. The largest absolute Gasteiger partial charge is 0.387 e.